The lowest BCUT2D eigenvalue weighted by Crippen LogP contribution is -2.56. The molecule has 1 aliphatic carbocycles. The van der Waals surface area contributed by atoms with Gasteiger partial charge in [-0.2, -0.15) is 0 Å². The lowest BCUT2D eigenvalue weighted by molar-refractivity contribution is -0.102. The van der Waals surface area contributed by atoms with Crippen LogP contribution in [0.15, 0.2) is 42.5 Å². The Kier molecular flexibility index (Phi) is 5.86. The van der Waals surface area contributed by atoms with Gasteiger partial charge in [0.1, 0.15) is 5.60 Å². The number of hydrogen-bond donors (Lipinski definition) is 1. The number of carbonyl (C=O) groups is 1. The van der Waals surface area contributed by atoms with E-state index >= 15 is 0 Å². The van der Waals surface area contributed by atoms with Crippen LogP contribution in [-0.2, 0) is 23.3 Å². The normalized spacial score (nSPS) is 24.0. The Labute approximate surface area is 187 Å². The van der Waals surface area contributed by atoms with Crippen molar-refractivity contribution >= 4 is 6.03 Å². The van der Waals surface area contributed by atoms with Gasteiger partial charge in [0, 0.05) is 32.2 Å². The smallest absolute Gasteiger partial charge is 0.317 e. The van der Waals surface area contributed by atoms with Crippen molar-refractivity contribution in [2.75, 3.05) is 32.8 Å². The van der Waals surface area contributed by atoms with Crippen LogP contribution in [0.5, 0.6) is 0 Å². The summed E-state index contributed by atoms with van der Waals surface area (Å²) in [5.41, 5.74) is 2.94. The summed E-state index contributed by atoms with van der Waals surface area (Å²) in [5.74, 6) is -1.63. The van der Waals surface area contributed by atoms with Gasteiger partial charge >= 0.3 is 6.03 Å². The summed E-state index contributed by atoms with van der Waals surface area (Å²) < 4.78 is 32.8. The maximum atomic E-state index is 13.5. The summed E-state index contributed by atoms with van der Waals surface area (Å²) in [6.45, 7) is 3.95. The molecule has 2 heterocycles. The zero-order valence-electron chi connectivity index (χ0n) is 18.2. The van der Waals surface area contributed by atoms with Crippen LogP contribution >= 0.6 is 0 Å². The number of morpholine rings is 1. The van der Waals surface area contributed by atoms with E-state index in [1.807, 2.05) is 11.0 Å². The van der Waals surface area contributed by atoms with Gasteiger partial charge in [0.15, 0.2) is 11.6 Å². The lowest BCUT2D eigenvalue weighted by Gasteiger charge is -2.42. The molecule has 1 unspecified atom stereocenters. The molecular formula is C25H29F2N3O2. The predicted octanol–water partition coefficient (Wildman–Crippen LogP) is 3.81. The van der Waals surface area contributed by atoms with Crippen molar-refractivity contribution in [3.8, 4) is 0 Å². The van der Waals surface area contributed by atoms with Crippen LogP contribution < -0.4 is 5.32 Å². The van der Waals surface area contributed by atoms with Gasteiger partial charge in [0.2, 0.25) is 0 Å². The second-order valence-corrected chi connectivity index (χ2v) is 9.17. The molecule has 7 heteroatoms. The van der Waals surface area contributed by atoms with Crippen molar-refractivity contribution in [3.63, 3.8) is 0 Å². The fourth-order valence-electron chi connectivity index (χ4n) is 5.32. The van der Waals surface area contributed by atoms with E-state index in [0.29, 0.717) is 26.2 Å². The van der Waals surface area contributed by atoms with E-state index in [2.05, 4.69) is 28.4 Å². The van der Waals surface area contributed by atoms with Gasteiger partial charge < -0.3 is 15.0 Å². The number of carbonyl (C=O) groups excluding carboxylic acids is 1. The van der Waals surface area contributed by atoms with Gasteiger partial charge in [-0.15, -0.1) is 0 Å². The molecule has 2 fully saturated rings. The number of likely N-dealkylation sites (tertiary alicyclic amines) is 1. The molecule has 2 aliphatic heterocycles. The number of nitrogens with one attached hydrogen (secondary N) is 1. The Morgan fingerprint density at radius 3 is 2.72 bits per heavy atom. The number of piperidine rings is 1. The number of nitrogens with zero attached hydrogens (tertiary/aromatic N) is 2. The maximum absolute atomic E-state index is 13.5. The van der Waals surface area contributed by atoms with E-state index in [9.17, 15) is 13.6 Å². The van der Waals surface area contributed by atoms with Crippen LogP contribution in [0.1, 0.15) is 36.0 Å². The fraction of sp³-hybridized carbons (Fsp3) is 0.480. The minimum absolute atomic E-state index is 0.0175. The molecular weight excluding hydrogens is 412 g/mol. The van der Waals surface area contributed by atoms with E-state index in [-0.39, 0.29) is 17.7 Å². The van der Waals surface area contributed by atoms with E-state index in [1.165, 1.54) is 23.3 Å². The van der Waals surface area contributed by atoms with Gasteiger partial charge in [-0.05, 0) is 54.5 Å². The van der Waals surface area contributed by atoms with Crippen molar-refractivity contribution in [1.82, 2.24) is 15.1 Å². The topological polar surface area (TPSA) is 44.8 Å². The number of ether oxygens (including phenoxy) is 1. The third-order valence-electron chi connectivity index (χ3n) is 7.08. The number of benzene rings is 2. The molecule has 170 valence electrons. The Morgan fingerprint density at radius 2 is 1.91 bits per heavy atom. The first-order valence-corrected chi connectivity index (χ1v) is 11.5. The fourth-order valence-corrected chi connectivity index (χ4v) is 5.32. The third-order valence-corrected chi connectivity index (χ3v) is 7.08. The van der Waals surface area contributed by atoms with Gasteiger partial charge in [-0.25, -0.2) is 13.6 Å². The molecule has 0 aromatic heterocycles. The quantitative estimate of drug-likeness (QED) is 0.788. The van der Waals surface area contributed by atoms with Crippen molar-refractivity contribution in [2.45, 2.75) is 43.9 Å². The molecule has 1 spiro atoms. The molecule has 0 radical (unpaired) electrons. The van der Waals surface area contributed by atoms with E-state index in [1.54, 1.807) is 6.07 Å². The molecule has 1 N–H and O–H groups in total. The monoisotopic (exact) mass is 441 g/mol. The standard InChI is InChI=1S/C25H29F2N3O2/c26-22-6-5-18(15-23(22)27)16-29-11-8-20(9-12-29)28-24(31)30-13-14-32-25(17-30)10-7-19-3-1-2-4-21(19)25/h1-6,15,20H,7-14,16-17H2,(H,28,31). The van der Waals surface area contributed by atoms with E-state index in [4.69, 9.17) is 4.74 Å². The number of hydrogen-bond acceptors (Lipinski definition) is 3. The Morgan fingerprint density at radius 1 is 1.09 bits per heavy atom. The summed E-state index contributed by atoms with van der Waals surface area (Å²) in [4.78, 5) is 17.1. The molecule has 2 saturated heterocycles. The SMILES string of the molecule is O=C(NC1CCN(Cc2ccc(F)c(F)c2)CC1)N1CCOC2(CCc3ccccc32)C1. The average Bonchev–Trinajstić information content (AvgIpc) is 3.15. The Bertz CT molecular complexity index is 989. The first-order valence-electron chi connectivity index (χ1n) is 11.5. The number of urea groups is 1. The summed E-state index contributed by atoms with van der Waals surface area (Å²) in [7, 11) is 0. The molecule has 3 aliphatic rings. The van der Waals surface area contributed by atoms with Crippen molar-refractivity contribution in [3.05, 3.63) is 70.8 Å². The number of amides is 2. The van der Waals surface area contributed by atoms with E-state index in [0.717, 1.165) is 44.3 Å². The Hall–Kier alpha value is -2.51. The Balaban J connectivity index is 1.14. The second kappa shape index (κ2) is 8.79. The summed E-state index contributed by atoms with van der Waals surface area (Å²) in [6.07, 6.45) is 3.59. The summed E-state index contributed by atoms with van der Waals surface area (Å²) in [6, 6.07) is 12.6. The molecule has 1 atom stereocenters. The largest absolute Gasteiger partial charge is 0.367 e. The second-order valence-electron chi connectivity index (χ2n) is 9.17. The van der Waals surface area contributed by atoms with Crippen molar-refractivity contribution in [2.24, 2.45) is 0 Å². The molecule has 5 nitrogen and oxygen atoms in total. The number of fused-ring (bicyclic) bond motifs is 2. The van der Waals surface area contributed by atoms with Crippen LogP contribution in [0.2, 0.25) is 0 Å². The summed E-state index contributed by atoms with van der Waals surface area (Å²) in [5, 5.41) is 3.22. The van der Waals surface area contributed by atoms with Gasteiger partial charge in [-0.1, -0.05) is 30.3 Å². The number of halogens is 2. The molecule has 0 bridgehead atoms. The van der Waals surface area contributed by atoms with Gasteiger partial charge in [0.05, 0.1) is 13.2 Å². The molecule has 0 saturated carbocycles. The molecule has 2 amide bonds. The third kappa shape index (κ3) is 4.24. The van der Waals surface area contributed by atoms with E-state index < -0.39 is 11.6 Å². The minimum Gasteiger partial charge on any atom is -0.367 e. The van der Waals surface area contributed by atoms with Crippen molar-refractivity contribution < 1.29 is 18.3 Å². The maximum Gasteiger partial charge on any atom is 0.317 e. The number of rotatable bonds is 3. The van der Waals surface area contributed by atoms with Crippen LogP contribution in [0.3, 0.4) is 0 Å². The molecule has 32 heavy (non-hydrogen) atoms. The highest BCUT2D eigenvalue weighted by molar-refractivity contribution is 5.75. The van der Waals surface area contributed by atoms with Crippen LogP contribution in [0, 0.1) is 11.6 Å². The highest BCUT2D eigenvalue weighted by Gasteiger charge is 2.44. The molecule has 2 aromatic rings. The van der Waals surface area contributed by atoms with Crippen molar-refractivity contribution in [1.29, 1.82) is 0 Å². The first-order chi connectivity index (χ1) is 15.5. The lowest BCUT2D eigenvalue weighted by atomic mass is 9.93. The number of aryl methyl sites for hydroxylation is 1. The predicted molar refractivity (Wildman–Crippen MR) is 117 cm³/mol. The first kappa shape index (κ1) is 21.3. The summed E-state index contributed by atoms with van der Waals surface area (Å²) >= 11 is 0. The molecule has 5 rings (SSSR count). The van der Waals surface area contributed by atoms with Crippen LogP contribution in [0.4, 0.5) is 13.6 Å². The zero-order valence-corrected chi connectivity index (χ0v) is 18.2. The van der Waals surface area contributed by atoms with Crippen LogP contribution in [-0.4, -0.2) is 54.7 Å². The zero-order chi connectivity index (χ0) is 22.1. The highest BCUT2D eigenvalue weighted by Crippen LogP contribution is 2.42. The molecule has 2 aromatic carbocycles. The highest BCUT2D eigenvalue weighted by atomic mass is 19.2. The van der Waals surface area contributed by atoms with Gasteiger partial charge in [-0.3, -0.25) is 4.90 Å². The van der Waals surface area contributed by atoms with Gasteiger partial charge in [0.25, 0.3) is 0 Å². The van der Waals surface area contributed by atoms with Crippen LogP contribution in [0.25, 0.3) is 0 Å². The average molecular weight is 442 g/mol. The minimum atomic E-state index is -0.818.